The minimum absolute atomic E-state index is 0.188. The first-order valence-electron chi connectivity index (χ1n) is 7.20. The number of halogens is 3. The highest BCUT2D eigenvalue weighted by Crippen LogP contribution is 2.34. The summed E-state index contributed by atoms with van der Waals surface area (Å²) in [7, 11) is 0. The van der Waals surface area contributed by atoms with E-state index in [4.69, 9.17) is 10.5 Å². The highest BCUT2D eigenvalue weighted by atomic mass is 19.4. The largest absolute Gasteiger partial charge is 0.418 e. The maximum absolute atomic E-state index is 12.9. The van der Waals surface area contributed by atoms with Gasteiger partial charge >= 0.3 is 6.18 Å². The SMILES string of the molecule is N#C/C(=C/Nc1ccccc1C(F)(F)F)C(=O)Nc1ccccc1C#N. The van der Waals surface area contributed by atoms with E-state index in [1.54, 1.807) is 18.2 Å². The van der Waals surface area contributed by atoms with Crippen molar-refractivity contribution in [3.05, 3.63) is 71.4 Å². The van der Waals surface area contributed by atoms with Crippen molar-refractivity contribution in [2.45, 2.75) is 6.18 Å². The first kappa shape index (κ1) is 18.6. The highest BCUT2D eigenvalue weighted by Gasteiger charge is 2.33. The number of anilines is 2. The molecule has 2 rings (SSSR count). The number of nitrogens with zero attached hydrogens (tertiary/aromatic N) is 2. The van der Waals surface area contributed by atoms with Gasteiger partial charge in [0.1, 0.15) is 17.7 Å². The molecule has 0 unspecified atom stereocenters. The second-order valence-electron chi connectivity index (χ2n) is 4.97. The van der Waals surface area contributed by atoms with Gasteiger partial charge in [0, 0.05) is 6.20 Å². The number of hydrogen-bond donors (Lipinski definition) is 2. The average Bonchev–Trinajstić information content (AvgIpc) is 2.62. The molecule has 0 spiro atoms. The van der Waals surface area contributed by atoms with Gasteiger partial charge < -0.3 is 10.6 Å². The summed E-state index contributed by atoms with van der Waals surface area (Å²) in [6.07, 6.45) is -3.70. The van der Waals surface area contributed by atoms with Gasteiger partial charge in [-0.15, -0.1) is 0 Å². The Morgan fingerprint density at radius 3 is 2.23 bits per heavy atom. The summed E-state index contributed by atoms with van der Waals surface area (Å²) in [6.45, 7) is 0. The second-order valence-corrected chi connectivity index (χ2v) is 4.97. The molecule has 0 aromatic heterocycles. The number of amides is 1. The van der Waals surface area contributed by atoms with Crippen molar-refractivity contribution in [1.82, 2.24) is 0 Å². The van der Waals surface area contributed by atoms with Crippen LogP contribution in [0.5, 0.6) is 0 Å². The summed E-state index contributed by atoms with van der Waals surface area (Å²) in [5, 5.41) is 22.8. The summed E-state index contributed by atoms with van der Waals surface area (Å²) >= 11 is 0. The Bertz CT molecular complexity index is 936. The molecule has 2 aromatic rings. The van der Waals surface area contributed by atoms with Gasteiger partial charge in [0.15, 0.2) is 0 Å². The third-order valence-corrected chi connectivity index (χ3v) is 3.27. The van der Waals surface area contributed by atoms with Gasteiger partial charge in [-0.3, -0.25) is 4.79 Å². The molecule has 0 aliphatic heterocycles. The van der Waals surface area contributed by atoms with E-state index in [2.05, 4.69) is 10.6 Å². The average molecular weight is 356 g/mol. The zero-order valence-corrected chi connectivity index (χ0v) is 13.1. The van der Waals surface area contributed by atoms with E-state index in [-0.39, 0.29) is 16.9 Å². The number of alkyl halides is 3. The molecule has 0 aliphatic carbocycles. The van der Waals surface area contributed by atoms with Crippen LogP contribution in [0.25, 0.3) is 0 Å². The molecule has 130 valence electrons. The molecular weight excluding hydrogens is 345 g/mol. The van der Waals surface area contributed by atoms with Crippen LogP contribution in [-0.4, -0.2) is 5.91 Å². The molecule has 0 radical (unpaired) electrons. The van der Waals surface area contributed by atoms with Crippen molar-refractivity contribution < 1.29 is 18.0 Å². The number of carbonyl (C=O) groups is 1. The summed E-state index contributed by atoms with van der Waals surface area (Å²) in [4.78, 5) is 12.1. The number of carbonyl (C=O) groups excluding carboxylic acids is 1. The van der Waals surface area contributed by atoms with E-state index < -0.39 is 23.2 Å². The lowest BCUT2D eigenvalue weighted by Crippen LogP contribution is -2.16. The standard InChI is InChI=1S/C18H11F3N4O/c19-18(20,21)14-6-2-4-8-16(14)24-11-13(10-23)17(26)25-15-7-3-1-5-12(15)9-22/h1-8,11,24H,(H,25,26)/b13-11-. The van der Waals surface area contributed by atoms with Crippen LogP contribution in [0.2, 0.25) is 0 Å². The van der Waals surface area contributed by atoms with Crippen molar-refractivity contribution in [2.24, 2.45) is 0 Å². The van der Waals surface area contributed by atoms with E-state index in [0.717, 1.165) is 12.3 Å². The Hall–Kier alpha value is -3.78. The lowest BCUT2D eigenvalue weighted by Gasteiger charge is -2.12. The quantitative estimate of drug-likeness (QED) is 0.639. The monoisotopic (exact) mass is 356 g/mol. The summed E-state index contributed by atoms with van der Waals surface area (Å²) in [5.74, 6) is -0.854. The number of benzene rings is 2. The molecule has 26 heavy (non-hydrogen) atoms. The fourth-order valence-electron chi connectivity index (χ4n) is 2.03. The van der Waals surface area contributed by atoms with Crippen LogP contribution in [0.3, 0.4) is 0 Å². The molecule has 0 bridgehead atoms. The Labute approximate surface area is 147 Å². The van der Waals surface area contributed by atoms with E-state index in [1.165, 1.54) is 30.3 Å². The van der Waals surface area contributed by atoms with Crippen LogP contribution in [0.15, 0.2) is 60.3 Å². The van der Waals surface area contributed by atoms with Crippen molar-refractivity contribution >= 4 is 17.3 Å². The van der Waals surface area contributed by atoms with Crippen LogP contribution in [0.4, 0.5) is 24.5 Å². The third kappa shape index (κ3) is 4.40. The molecule has 0 fully saturated rings. The first-order valence-corrected chi connectivity index (χ1v) is 7.20. The number of para-hydroxylation sites is 2. The Kier molecular flexibility index (Phi) is 5.61. The van der Waals surface area contributed by atoms with Crippen LogP contribution < -0.4 is 10.6 Å². The van der Waals surface area contributed by atoms with Crippen molar-refractivity contribution in [3.8, 4) is 12.1 Å². The van der Waals surface area contributed by atoms with Gasteiger partial charge in [-0.1, -0.05) is 24.3 Å². The number of rotatable bonds is 4. The van der Waals surface area contributed by atoms with Gasteiger partial charge in [0.2, 0.25) is 0 Å². The first-order chi connectivity index (χ1) is 12.4. The molecule has 0 saturated carbocycles. The summed E-state index contributed by atoms with van der Waals surface area (Å²) in [5.41, 5.74) is -1.29. The normalized spacial score (nSPS) is 11.2. The molecule has 2 N–H and O–H groups in total. The fourth-order valence-corrected chi connectivity index (χ4v) is 2.03. The molecule has 1 amide bonds. The maximum atomic E-state index is 12.9. The number of hydrogen-bond acceptors (Lipinski definition) is 4. The zero-order chi connectivity index (χ0) is 19.2. The topological polar surface area (TPSA) is 88.7 Å². The Morgan fingerprint density at radius 1 is 1.00 bits per heavy atom. The van der Waals surface area contributed by atoms with Crippen molar-refractivity contribution in [1.29, 1.82) is 10.5 Å². The van der Waals surface area contributed by atoms with Gasteiger partial charge in [-0.25, -0.2) is 0 Å². The van der Waals surface area contributed by atoms with Gasteiger partial charge in [0.25, 0.3) is 5.91 Å². The molecular formula is C18H11F3N4O. The number of nitriles is 2. The lowest BCUT2D eigenvalue weighted by atomic mass is 10.1. The molecule has 0 heterocycles. The second kappa shape index (κ2) is 7.86. The number of nitrogens with one attached hydrogen (secondary N) is 2. The van der Waals surface area contributed by atoms with E-state index in [9.17, 15) is 18.0 Å². The molecule has 0 aliphatic rings. The van der Waals surface area contributed by atoms with Crippen molar-refractivity contribution in [2.75, 3.05) is 10.6 Å². The zero-order valence-electron chi connectivity index (χ0n) is 13.1. The fraction of sp³-hybridized carbons (Fsp3) is 0.0556. The molecule has 0 saturated heterocycles. The Balaban J connectivity index is 2.23. The third-order valence-electron chi connectivity index (χ3n) is 3.27. The van der Waals surface area contributed by atoms with Crippen LogP contribution in [0.1, 0.15) is 11.1 Å². The van der Waals surface area contributed by atoms with Gasteiger partial charge in [0.05, 0.1) is 22.5 Å². The smallest absolute Gasteiger partial charge is 0.360 e. The van der Waals surface area contributed by atoms with Crippen molar-refractivity contribution in [3.63, 3.8) is 0 Å². The van der Waals surface area contributed by atoms with Crippen LogP contribution in [-0.2, 0) is 11.0 Å². The van der Waals surface area contributed by atoms with Gasteiger partial charge in [-0.2, -0.15) is 23.7 Å². The van der Waals surface area contributed by atoms with E-state index >= 15 is 0 Å². The lowest BCUT2D eigenvalue weighted by molar-refractivity contribution is -0.136. The molecule has 2 aromatic carbocycles. The van der Waals surface area contributed by atoms with E-state index in [0.29, 0.717) is 0 Å². The highest BCUT2D eigenvalue weighted by molar-refractivity contribution is 6.07. The minimum atomic E-state index is -4.59. The Morgan fingerprint density at radius 2 is 1.62 bits per heavy atom. The van der Waals surface area contributed by atoms with E-state index in [1.807, 2.05) is 6.07 Å². The van der Waals surface area contributed by atoms with Crippen LogP contribution in [0, 0.1) is 22.7 Å². The molecule has 8 heteroatoms. The summed E-state index contributed by atoms with van der Waals surface area (Å²) < 4.78 is 38.8. The molecule has 5 nitrogen and oxygen atoms in total. The predicted octanol–water partition coefficient (Wildman–Crippen LogP) is 4.04. The van der Waals surface area contributed by atoms with Gasteiger partial charge in [-0.05, 0) is 24.3 Å². The summed E-state index contributed by atoms with van der Waals surface area (Å²) in [6, 6.07) is 14.3. The van der Waals surface area contributed by atoms with Crippen LogP contribution >= 0.6 is 0 Å². The maximum Gasteiger partial charge on any atom is 0.418 e. The predicted molar refractivity (Wildman–Crippen MR) is 88.5 cm³/mol. The molecule has 0 atom stereocenters. The minimum Gasteiger partial charge on any atom is -0.360 e.